The number of carbonyl (C=O) groups is 3. The van der Waals surface area contributed by atoms with Crippen LogP contribution in [0.3, 0.4) is 0 Å². The number of imide groups is 1. The second-order valence-corrected chi connectivity index (χ2v) is 7.09. The number of carbonyl (C=O) groups excluding carboxylic acids is 2. The quantitative estimate of drug-likeness (QED) is 0.439. The zero-order valence-electron chi connectivity index (χ0n) is 15.1. The summed E-state index contributed by atoms with van der Waals surface area (Å²) in [6.45, 7) is -0.277. The van der Waals surface area contributed by atoms with Crippen LogP contribution in [0.1, 0.15) is 25.7 Å². The molecule has 0 bridgehead atoms. The van der Waals surface area contributed by atoms with E-state index in [9.17, 15) is 18.8 Å². The van der Waals surface area contributed by atoms with Crippen molar-refractivity contribution >= 4 is 35.1 Å². The maximum Gasteiger partial charge on any atom is 0.331 e. The molecule has 1 heterocycles. The summed E-state index contributed by atoms with van der Waals surface area (Å²) in [6.07, 6.45) is 3.77. The summed E-state index contributed by atoms with van der Waals surface area (Å²) in [5, 5.41) is 8.70. The van der Waals surface area contributed by atoms with Gasteiger partial charge in [0.1, 0.15) is 23.9 Å². The summed E-state index contributed by atoms with van der Waals surface area (Å²) in [4.78, 5) is 37.0. The molecule has 1 aromatic carbocycles. The van der Waals surface area contributed by atoms with Gasteiger partial charge in [-0.15, -0.1) is 0 Å². The summed E-state index contributed by atoms with van der Waals surface area (Å²) in [5.74, 6) is -3.68. The minimum atomic E-state index is -1.22. The van der Waals surface area contributed by atoms with Gasteiger partial charge in [0.15, 0.2) is 0 Å². The maximum atomic E-state index is 14.5. The Labute approximate surface area is 165 Å². The first-order chi connectivity index (χ1) is 13.3. The van der Waals surface area contributed by atoms with E-state index >= 15 is 0 Å². The number of aliphatic carboxylic acids is 1. The van der Waals surface area contributed by atoms with Gasteiger partial charge in [0, 0.05) is 6.07 Å². The van der Waals surface area contributed by atoms with Gasteiger partial charge in [0.2, 0.25) is 11.8 Å². The monoisotopic (exact) mass is 411 g/mol. The molecular weight excluding hydrogens is 393 g/mol. The number of ether oxygens (including phenoxy) is 2. The third-order valence-corrected chi connectivity index (χ3v) is 5.30. The summed E-state index contributed by atoms with van der Waals surface area (Å²) < 4.78 is 24.9. The van der Waals surface area contributed by atoms with E-state index in [0.717, 1.165) is 29.9 Å². The molecule has 1 aromatic rings. The predicted molar refractivity (Wildman–Crippen MR) is 97.6 cm³/mol. The van der Waals surface area contributed by atoms with Crippen molar-refractivity contribution < 1.29 is 33.4 Å². The number of methoxy groups -OCH3 is 1. The van der Waals surface area contributed by atoms with E-state index in [2.05, 4.69) is 0 Å². The van der Waals surface area contributed by atoms with Gasteiger partial charge in [-0.05, 0) is 18.9 Å². The van der Waals surface area contributed by atoms with Crippen LogP contribution in [0.15, 0.2) is 24.0 Å². The molecule has 28 heavy (non-hydrogen) atoms. The molecule has 9 heteroatoms. The number of carboxylic acids is 1. The van der Waals surface area contributed by atoms with Gasteiger partial charge in [0.05, 0.1) is 35.7 Å². The largest absolute Gasteiger partial charge is 0.497 e. The van der Waals surface area contributed by atoms with Crippen LogP contribution in [0.4, 0.5) is 10.1 Å². The molecule has 1 saturated carbocycles. The van der Waals surface area contributed by atoms with Crippen molar-refractivity contribution in [2.45, 2.75) is 25.7 Å². The Balaban J connectivity index is 1.88. The summed E-state index contributed by atoms with van der Waals surface area (Å²) in [7, 11) is 1.28. The van der Waals surface area contributed by atoms with Gasteiger partial charge in [-0.2, -0.15) is 0 Å². The van der Waals surface area contributed by atoms with Crippen molar-refractivity contribution in [3.05, 3.63) is 34.8 Å². The molecule has 2 amide bonds. The number of rotatable bonds is 6. The molecule has 0 spiro atoms. The van der Waals surface area contributed by atoms with E-state index in [4.69, 9.17) is 26.2 Å². The molecule has 2 aliphatic rings. The number of halogens is 2. The van der Waals surface area contributed by atoms with Crippen molar-refractivity contribution in [1.82, 2.24) is 0 Å². The number of anilines is 1. The molecule has 0 aromatic heterocycles. The summed E-state index contributed by atoms with van der Waals surface area (Å²) in [6, 6.07) is 2.14. The van der Waals surface area contributed by atoms with Crippen LogP contribution in [0.5, 0.6) is 5.75 Å². The fourth-order valence-electron chi connectivity index (χ4n) is 3.65. The Kier molecular flexibility index (Phi) is 5.88. The van der Waals surface area contributed by atoms with E-state index in [1.165, 1.54) is 13.2 Å². The molecule has 1 aliphatic carbocycles. The Morgan fingerprint density at radius 2 is 1.89 bits per heavy atom. The molecule has 2 atom stereocenters. The highest BCUT2D eigenvalue weighted by Gasteiger charge is 2.49. The third-order valence-electron chi connectivity index (χ3n) is 5.00. The summed E-state index contributed by atoms with van der Waals surface area (Å²) in [5.41, 5.74) is -0.218. The first-order valence-electron chi connectivity index (χ1n) is 8.80. The number of nitrogens with zero attached hydrogens (tertiary/aromatic N) is 1. The number of hydrogen-bond donors (Lipinski definition) is 1. The SMILES string of the molecule is CO/C(=C/C(=O)O)COc1cc(N2C(=O)C3CCCCC3C2=O)c(F)cc1Cl. The molecule has 7 nitrogen and oxygen atoms in total. The van der Waals surface area contributed by atoms with Gasteiger partial charge in [-0.25, -0.2) is 14.1 Å². The second kappa shape index (κ2) is 8.18. The Bertz CT molecular complexity index is 831. The number of amides is 2. The Hall–Kier alpha value is -2.61. The molecule has 3 rings (SSSR count). The minimum Gasteiger partial charge on any atom is -0.497 e. The molecule has 1 aliphatic heterocycles. The summed E-state index contributed by atoms with van der Waals surface area (Å²) >= 11 is 6.01. The van der Waals surface area contributed by atoms with E-state index in [1.807, 2.05) is 0 Å². The van der Waals surface area contributed by atoms with Gasteiger partial charge >= 0.3 is 5.97 Å². The van der Waals surface area contributed by atoms with E-state index < -0.39 is 35.4 Å². The highest BCUT2D eigenvalue weighted by Crippen LogP contribution is 2.42. The average molecular weight is 412 g/mol. The van der Waals surface area contributed by atoms with Crippen molar-refractivity contribution in [2.75, 3.05) is 18.6 Å². The highest BCUT2D eigenvalue weighted by molar-refractivity contribution is 6.32. The van der Waals surface area contributed by atoms with Crippen LogP contribution in [-0.2, 0) is 19.1 Å². The number of carboxylic acid groups (broad SMARTS) is 1. The van der Waals surface area contributed by atoms with Crippen LogP contribution < -0.4 is 9.64 Å². The van der Waals surface area contributed by atoms with Gasteiger partial charge in [-0.1, -0.05) is 24.4 Å². The predicted octanol–water partition coefficient (Wildman–Crippen LogP) is 3.15. The lowest BCUT2D eigenvalue weighted by Gasteiger charge is -2.19. The van der Waals surface area contributed by atoms with Crippen LogP contribution in [0.25, 0.3) is 0 Å². The molecule has 2 unspecified atom stereocenters. The zero-order valence-corrected chi connectivity index (χ0v) is 15.9. The first kappa shape index (κ1) is 20.1. The number of fused-ring (bicyclic) bond motifs is 1. The normalized spacial score (nSPS) is 22.2. The molecule has 1 N–H and O–H groups in total. The fourth-order valence-corrected chi connectivity index (χ4v) is 3.85. The molecule has 0 radical (unpaired) electrons. The Morgan fingerprint density at radius 3 is 2.43 bits per heavy atom. The van der Waals surface area contributed by atoms with Crippen molar-refractivity contribution in [1.29, 1.82) is 0 Å². The first-order valence-corrected chi connectivity index (χ1v) is 9.18. The average Bonchev–Trinajstić information content (AvgIpc) is 2.91. The topological polar surface area (TPSA) is 93.1 Å². The Morgan fingerprint density at radius 1 is 1.29 bits per heavy atom. The number of hydrogen-bond acceptors (Lipinski definition) is 5. The van der Waals surface area contributed by atoms with Crippen molar-refractivity contribution in [3.63, 3.8) is 0 Å². The lowest BCUT2D eigenvalue weighted by molar-refractivity contribution is -0.131. The van der Waals surface area contributed by atoms with Crippen molar-refractivity contribution in [3.8, 4) is 5.75 Å². The minimum absolute atomic E-state index is 0.00174. The van der Waals surface area contributed by atoms with Gasteiger partial charge < -0.3 is 14.6 Å². The zero-order chi connectivity index (χ0) is 20.4. The van der Waals surface area contributed by atoms with E-state index in [0.29, 0.717) is 12.8 Å². The van der Waals surface area contributed by atoms with Crippen LogP contribution in [0.2, 0.25) is 5.02 Å². The lowest BCUT2D eigenvalue weighted by atomic mass is 9.81. The van der Waals surface area contributed by atoms with Crippen LogP contribution >= 0.6 is 11.6 Å². The number of benzene rings is 1. The fraction of sp³-hybridized carbons (Fsp3) is 0.421. The molecule has 1 saturated heterocycles. The van der Waals surface area contributed by atoms with Crippen molar-refractivity contribution in [2.24, 2.45) is 11.8 Å². The van der Waals surface area contributed by atoms with E-state index in [1.54, 1.807) is 0 Å². The standard InChI is InChI=1S/C19H19ClFNO6/c1-27-10(6-17(23)24)9-28-16-8-15(14(21)7-13(16)20)22-18(25)11-4-2-3-5-12(11)19(22)26/h6-8,11-12H,2-5,9H2,1H3,(H,23,24)/b10-6+. The molecular formula is C19H19ClFNO6. The van der Waals surface area contributed by atoms with Gasteiger partial charge in [0.25, 0.3) is 0 Å². The smallest absolute Gasteiger partial charge is 0.331 e. The van der Waals surface area contributed by atoms with Gasteiger partial charge in [-0.3, -0.25) is 9.59 Å². The molecule has 150 valence electrons. The highest BCUT2D eigenvalue weighted by atomic mass is 35.5. The maximum absolute atomic E-state index is 14.5. The molecule has 2 fully saturated rings. The lowest BCUT2D eigenvalue weighted by Crippen LogP contribution is -2.31. The van der Waals surface area contributed by atoms with E-state index in [-0.39, 0.29) is 28.8 Å². The second-order valence-electron chi connectivity index (χ2n) is 6.69. The van der Waals surface area contributed by atoms with Crippen LogP contribution in [-0.4, -0.2) is 36.6 Å². The third kappa shape index (κ3) is 3.82. The van der Waals surface area contributed by atoms with Crippen LogP contribution in [0, 0.1) is 17.7 Å².